The van der Waals surface area contributed by atoms with Gasteiger partial charge in [-0.25, -0.2) is 4.68 Å². The van der Waals surface area contributed by atoms with Crippen molar-refractivity contribution in [1.82, 2.24) is 9.78 Å². The Labute approximate surface area is 127 Å². The number of rotatable bonds is 2. The lowest BCUT2D eigenvalue weighted by Crippen LogP contribution is -2.01. The van der Waals surface area contributed by atoms with Gasteiger partial charge in [0.1, 0.15) is 0 Å². The molecule has 0 aliphatic heterocycles. The van der Waals surface area contributed by atoms with Crippen molar-refractivity contribution in [3.05, 3.63) is 76.0 Å². The van der Waals surface area contributed by atoms with E-state index < -0.39 is 4.92 Å². The second kappa shape index (κ2) is 4.80. The molecule has 0 N–H and O–H groups in total. The third-order valence-electron chi connectivity index (χ3n) is 4.05. The van der Waals surface area contributed by atoms with Crippen LogP contribution in [0.5, 0.6) is 0 Å². The molecule has 0 unspecified atom stereocenters. The van der Waals surface area contributed by atoms with E-state index in [2.05, 4.69) is 23.3 Å². The molecule has 0 amide bonds. The number of nitro groups is 1. The van der Waals surface area contributed by atoms with E-state index in [0.29, 0.717) is 0 Å². The zero-order chi connectivity index (χ0) is 15.1. The smallest absolute Gasteiger partial charge is 0.258 e. The van der Waals surface area contributed by atoms with Crippen molar-refractivity contribution in [3.8, 4) is 16.9 Å². The minimum atomic E-state index is -0.395. The molecule has 0 radical (unpaired) electrons. The summed E-state index contributed by atoms with van der Waals surface area (Å²) in [5, 5.41) is 15.4. The van der Waals surface area contributed by atoms with E-state index in [9.17, 15) is 10.1 Å². The molecule has 0 saturated carbocycles. The highest BCUT2D eigenvalue weighted by Gasteiger charge is 2.19. The SMILES string of the molecule is O=[N+]([O-])c1ccc(-n2cc3c(n2)-c2ccccc2CC3)cc1. The summed E-state index contributed by atoms with van der Waals surface area (Å²) < 4.78 is 1.80. The van der Waals surface area contributed by atoms with Crippen LogP contribution in [0.25, 0.3) is 16.9 Å². The lowest BCUT2D eigenvalue weighted by Gasteiger charge is -2.13. The van der Waals surface area contributed by atoms with E-state index >= 15 is 0 Å². The first-order chi connectivity index (χ1) is 10.7. The Bertz CT molecular complexity index is 866. The molecule has 0 bridgehead atoms. The number of aryl methyl sites for hydroxylation is 2. The van der Waals surface area contributed by atoms with Gasteiger partial charge in [-0.05, 0) is 36.1 Å². The summed E-state index contributed by atoms with van der Waals surface area (Å²) in [6.45, 7) is 0. The van der Waals surface area contributed by atoms with Crippen LogP contribution in [0.1, 0.15) is 11.1 Å². The van der Waals surface area contributed by atoms with Gasteiger partial charge in [0.05, 0.1) is 16.3 Å². The zero-order valence-corrected chi connectivity index (χ0v) is 11.8. The third-order valence-corrected chi connectivity index (χ3v) is 4.05. The summed E-state index contributed by atoms with van der Waals surface area (Å²) in [4.78, 5) is 10.3. The largest absolute Gasteiger partial charge is 0.269 e. The van der Waals surface area contributed by atoms with Crippen LogP contribution in [0.15, 0.2) is 54.7 Å². The fourth-order valence-electron chi connectivity index (χ4n) is 2.92. The van der Waals surface area contributed by atoms with Gasteiger partial charge in [-0.3, -0.25) is 10.1 Å². The van der Waals surface area contributed by atoms with E-state index in [1.165, 1.54) is 28.8 Å². The first-order valence-corrected chi connectivity index (χ1v) is 7.14. The standard InChI is InChI=1S/C17H13N3O2/c21-20(22)15-9-7-14(8-10-15)19-11-13-6-5-12-3-1-2-4-16(12)17(13)18-19/h1-4,7-11H,5-6H2. The van der Waals surface area contributed by atoms with Crippen molar-refractivity contribution in [3.63, 3.8) is 0 Å². The number of non-ortho nitro benzene ring substituents is 1. The summed E-state index contributed by atoms with van der Waals surface area (Å²) in [5.41, 5.74) is 5.66. The molecule has 5 nitrogen and oxygen atoms in total. The number of aromatic nitrogens is 2. The van der Waals surface area contributed by atoms with Crippen LogP contribution in [0.2, 0.25) is 0 Å². The van der Waals surface area contributed by atoms with Gasteiger partial charge in [-0.2, -0.15) is 5.10 Å². The average molecular weight is 291 g/mol. The maximum absolute atomic E-state index is 10.7. The summed E-state index contributed by atoms with van der Waals surface area (Å²) in [5.74, 6) is 0. The van der Waals surface area contributed by atoms with Crippen molar-refractivity contribution in [2.75, 3.05) is 0 Å². The molecule has 4 rings (SSSR count). The number of hydrogen-bond donors (Lipinski definition) is 0. The Kier molecular flexibility index (Phi) is 2.79. The van der Waals surface area contributed by atoms with E-state index in [1.54, 1.807) is 16.8 Å². The molecule has 22 heavy (non-hydrogen) atoms. The molecule has 0 saturated heterocycles. The number of fused-ring (bicyclic) bond motifs is 3. The van der Waals surface area contributed by atoms with Crippen LogP contribution >= 0.6 is 0 Å². The molecule has 2 aromatic carbocycles. The molecule has 1 aliphatic carbocycles. The van der Waals surface area contributed by atoms with E-state index in [-0.39, 0.29) is 5.69 Å². The van der Waals surface area contributed by atoms with Gasteiger partial charge >= 0.3 is 0 Å². The maximum Gasteiger partial charge on any atom is 0.269 e. The fourth-order valence-corrected chi connectivity index (χ4v) is 2.92. The normalized spacial score (nSPS) is 12.5. The van der Waals surface area contributed by atoms with Crippen LogP contribution in [0, 0.1) is 10.1 Å². The Balaban J connectivity index is 1.77. The number of nitro benzene ring substituents is 1. The zero-order valence-electron chi connectivity index (χ0n) is 11.8. The van der Waals surface area contributed by atoms with Crippen LogP contribution < -0.4 is 0 Å². The highest BCUT2D eigenvalue weighted by molar-refractivity contribution is 5.69. The second-order valence-electron chi connectivity index (χ2n) is 5.38. The van der Waals surface area contributed by atoms with Crippen LogP contribution in [0.3, 0.4) is 0 Å². The van der Waals surface area contributed by atoms with Crippen molar-refractivity contribution < 1.29 is 4.92 Å². The van der Waals surface area contributed by atoms with Crippen LogP contribution in [0.4, 0.5) is 5.69 Å². The van der Waals surface area contributed by atoms with Gasteiger partial charge in [-0.1, -0.05) is 24.3 Å². The Morgan fingerprint density at radius 3 is 2.50 bits per heavy atom. The monoisotopic (exact) mass is 291 g/mol. The number of hydrogen-bond acceptors (Lipinski definition) is 3. The van der Waals surface area contributed by atoms with Crippen molar-refractivity contribution >= 4 is 5.69 Å². The molecular weight excluding hydrogens is 278 g/mol. The summed E-state index contributed by atoms with van der Waals surface area (Å²) in [6, 6.07) is 14.8. The van der Waals surface area contributed by atoms with Crippen LogP contribution in [-0.4, -0.2) is 14.7 Å². The highest BCUT2D eigenvalue weighted by atomic mass is 16.6. The summed E-state index contributed by atoms with van der Waals surface area (Å²) >= 11 is 0. The number of nitrogens with zero attached hydrogens (tertiary/aromatic N) is 3. The average Bonchev–Trinajstić information content (AvgIpc) is 2.99. The molecule has 1 heterocycles. The molecule has 108 valence electrons. The lowest BCUT2D eigenvalue weighted by molar-refractivity contribution is -0.384. The molecule has 1 aliphatic rings. The highest BCUT2D eigenvalue weighted by Crippen LogP contribution is 2.32. The van der Waals surface area contributed by atoms with Gasteiger partial charge < -0.3 is 0 Å². The Hall–Kier alpha value is -2.95. The van der Waals surface area contributed by atoms with Crippen LogP contribution in [-0.2, 0) is 12.8 Å². The predicted octanol–water partition coefficient (Wildman–Crippen LogP) is 3.55. The van der Waals surface area contributed by atoms with Crippen molar-refractivity contribution in [2.45, 2.75) is 12.8 Å². The first kappa shape index (κ1) is 12.8. The summed E-state index contributed by atoms with van der Waals surface area (Å²) in [7, 11) is 0. The number of benzene rings is 2. The van der Waals surface area contributed by atoms with Crippen molar-refractivity contribution in [2.24, 2.45) is 0 Å². The predicted molar refractivity (Wildman–Crippen MR) is 83.1 cm³/mol. The van der Waals surface area contributed by atoms with E-state index in [1.807, 2.05) is 12.3 Å². The third kappa shape index (κ3) is 1.98. The van der Waals surface area contributed by atoms with Gasteiger partial charge in [-0.15, -0.1) is 0 Å². The Morgan fingerprint density at radius 2 is 1.73 bits per heavy atom. The van der Waals surface area contributed by atoms with Gasteiger partial charge in [0.15, 0.2) is 0 Å². The molecule has 0 fully saturated rings. The van der Waals surface area contributed by atoms with E-state index in [0.717, 1.165) is 24.2 Å². The quantitative estimate of drug-likeness (QED) is 0.536. The molecule has 0 atom stereocenters. The molecule has 0 spiro atoms. The van der Waals surface area contributed by atoms with Crippen molar-refractivity contribution in [1.29, 1.82) is 0 Å². The molecule has 5 heteroatoms. The minimum Gasteiger partial charge on any atom is -0.258 e. The lowest BCUT2D eigenvalue weighted by atomic mass is 9.91. The van der Waals surface area contributed by atoms with E-state index in [4.69, 9.17) is 0 Å². The van der Waals surface area contributed by atoms with Gasteiger partial charge in [0.2, 0.25) is 0 Å². The minimum absolute atomic E-state index is 0.0889. The molecular formula is C17H13N3O2. The topological polar surface area (TPSA) is 61.0 Å². The van der Waals surface area contributed by atoms with Gasteiger partial charge in [0.25, 0.3) is 5.69 Å². The summed E-state index contributed by atoms with van der Waals surface area (Å²) in [6.07, 6.45) is 4.01. The molecule has 3 aromatic rings. The van der Waals surface area contributed by atoms with Gasteiger partial charge in [0, 0.05) is 23.9 Å². The molecule has 1 aromatic heterocycles. The maximum atomic E-state index is 10.7. The fraction of sp³-hybridized carbons (Fsp3) is 0.118. The Morgan fingerprint density at radius 1 is 1.00 bits per heavy atom. The first-order valence-electron chi connectivity index (χ1n) is 7.14. The second-order valence-corrected chi connectivity index (χ2v) is 5.38.